The number of Topliss-reactive ketones (excluding diaryl/α,β-unsaturated/α-hetero) is 1. The molecule has 0 aromatic heterocycles. The molecule has 13 fully saturated rings. The van der Waals surface area contributed by atoms with Crippen LogP contribution in [0.1, 0.15) is 231 Å². The van der Waals surface area contributed by atoms with Crippen LogP contribution in [-0.4, -0.2) is 211 Å². The van der Waals surface area contributed by atoms with Gasteiger partial charge >= 0.3 is 5.97 Å². The average molecular weight is 1950 g/mol. The number of aldehydes is 1. The van der Waals surface area contributed by atoms with Gasteiger partial charge in [0.25, 0.3) is 0 Å². The minimum atomic E-state index is -1.51. The molecule has 0 spiro atoms. The quantitative estimate of drug-likeness (QED) is 0.00859. The number of hydrogen-bond donors (Lipinski definition) is 0. The predicted molar refractivity (Wildman–Crippen MR) is 516 cm³/mol. The number of hydrogen-bond acceptors (Lipinski definition) is 26. The normalized spacial score (nSPS) is 45.7. The molecule has 41 atom stereocenters. The number of ether oxygens (including phenoxy) is 22. The molecule has 0 radical (unpaired) electrons. The number of esters is 1. The number of carbonyl (C=O) groups is 3. The number of nitrogens with zero attached hydrogens (tertiary/aromatic N) is 3. The Balaban J connectivity index is 0.625. The van der Waals surface area contributed by atoms with Crippen molar-refractivity contribution in [1.82, 2.24) is 0 Å². The Morgan fingerprint density at radius 2 is 1.18 bits per heavy atom. The molecular weight excluding hydrogens is 1790 g/mol. The largest absolute Gasteiger partial charge is 0.432 e. The van der Waals surface area contributed by atoms with E-state index in [0.717, 1.165) is 47.8 Å². The van der Waals surface area contributed by atoms with Crippen molar-refractivity contribution in [3.63, 3.8) is 0 Å². The summed E-state index contributed by atoms with van der Waals surface area (Å²) in [5, 5.41) is 4.47. The summed E-state index contributed by atoms with van der Waals surface area (Å²) in [5.41, 5.74) is 10.5. The van der Waals surface area contributed by atoms with Crippen molar-refractivity contribution in [2.24, 2.45) is 109 Å². The first-order chi connectivity index (χ1) is 66.9. The molecule has 18 unspecified atom stereocenters. The van der Waals surface area contributed by atoms with Crippen LogP contribution < -0.4 is 0 Å². The van der Waals surface area contributed by atoms with Gasteiger partial charge in [-0.25, -0.2) is 0 Å². The van der Waals surface area contributed by atoms with Gasteiger partial charge in [0.1, 0.15) is 61.0 Å². The molecule has 5 aliphatic carbocycles. The topological polar surface area (TPSA) is 303 Å². The van der Waals surface area contributed by atoms with Crippen LogP contribution >= 0.6 is 0 Å². The van der Waals surface area contributed by atoms with Crippen molar-refractivity contribution in [1.29, 1.82) is 0 Å². The molecule has 4 saturated carbocycles. The lowest BCUT2D eigenvalue weighted by Gasteiger charge is -2.71. The lowest BCUT2D eigenvalue weighted by atomic mass is 9.33. The number of ketones is 1. The van der Waals surface area contributed by atoms with E-state index in [-0.39, 0.29) is 104 Å². The maximum atomic E-state index is 17.1. The molecule has 4 aromatic carbocycles. The van der Waals surface area contributed by atoms with Gasteiger partial charge in [-0.3, -0.25) is 9.59 Å². The Hall–Kier alpha value is -6.10. The first-order valence-corrected chi connectivity index (χ1v) is 52.4. The molecular formula is C112H157N3O25. The minimum absolute atomic E-state index is 0.00720. The molecule has 4 aromatic rings. The van der Waals surface area contributed by atoms with Crippen LogP contribution in [0, 0.1) is 104 Å². The van der Waals surface area contributed by atoms with Gasteiger partial charge in [-0.2, -0.15) is 0 Å². The van der Waals surface area contributed by atoms with Crippen molar-refractivity contribution in [3.05, 3.63) is 166 Å². The summed E-state index contributed by atoms with van der Waals surface area (Å²) in [5.74, 6) is -4.33. The first kappa shape index (κ1) is 104. The fourth-order valence-corrected chi connectivity index (χ4v) is 28.1. The van der Waals surface area contributed by atoms with Crippen molar-refractivity contribution in [3.8, 4) is 0 Å². The summed E-state index contributed by atoms with van der Waals surface area (Å²) in [6, 6.07) is 38.6. The highest BCUT2D eigenvalue weighted by Crippen LogP contribution is 2.77. The lowest BCUT2D eigenvalue weighted by molar-refractivity contribution is -0.374. The van der Waals surface area contributed by atoms with E-state index in [1.807, 2.05) is 163 Å². The first-order valence-electron chi connectivity index (χ1n) is 52.4. The molecule has 0 N–H and O–H groups in total. The molecule has 770 valence electrons. The third-order valence-electron chi connectivity index (χ3n) is 37.3. The second-order valence-electron chi connectivity index (χ2n) is 46.5. The van der Waals surface area contributed by atoms with Crippen LogP contribution in [0.2, 0.25) is 0 Å². The fraction of sp³-hybridized carbons (Fsp3) is 0.741. The number of carbonyl (C=O) groups excluding carboxylic acids is 3. The highest BCUT2D eigenvalue weighted by atomic mass is 16.9. The second-order valence-corrected chi connectivity index (χ2v) is 46.5. The summed E-state index contributed by atoms with van der Waals surface area (Å²) in [6.45, 7) is 44.2. The molecule has 9 saturated heterocycles. The maximum absolute atomic E-state index is 17.1. The number of fused-ring (bicyclic) bond motifs is 9. The Labute approximate surface area is 828 Å². The van der Waals surface area contributed by atoms with Crippen molar-refractivity contribution < 1.29 is 119 Å². The zero-order valence-electron chi connectivity index (χ0n) is 86.3. The van der Waals surface area contributed by atoms with E-state index in [1.165, 1.54) is 5.57 Å². The van der Waals surface area contributed by atoms with Gasteiger partial charge in [0.15, 0.2) is 54.9 Å². The summed E-state index contributed by atoms with van der Waals surface area (Å²) in [7, 11) is 1.74. The molecule has 140 heavy (non-hydrogen) atoms. The van der Waals surface area contributed by atoms with E-state index in [0.29, 0.717) is 75.9 Å². The zero-order chi connectivity index (χ0) is 99.1. The van der Waals surface area contributed by atoms with Crippen molar-refractivity contribution in [2.45, 2.75) is 375 Å². The van der Waals surface area contributed by atoms with Crippen LogP contribution in [0.3, 0.4) is 0 Å². The van der Waals surface area contributed by atoms with Gasteiger partial charge in [-0.15, -0.1) is 0 Å². The SMILES string of the molecule is CCC1O[C@@H](OC2[C@H](O[C@H]3CCC4(C)C5CC=C6C7CC(C)(C)CC[C@]7(C(=O)O[C@@H]7OC(COCc8ccccc8)[C@H](N=[N+]=[N-])C(C)C7O[C@@H]7OC(C)[C@H](O[C@@H]8OC[C@H](OCc9ccccc9)C(OC9%10COC[C@]9(COCc9ccccc9)O[C@@H](c9ccccc9)O%10)C8C)C8OC(C)(C)OC87)C(OC)C[C@@]6(C)[C@@]5(C)CC[C@H]4[C@@]3(C)C=O)OC(C(C)=O)[C@H](C)[C@@H]2O[C@@H]2OC[C@H](C)[C@H](C)C2C)C(C)[C@@H](C)[C@H]1C. The van der Waals surface area contributed by atoms with E-state index >= 15 is 4.79 Å². The van der Waals surface area contributed by atoms with E-state index < -0.39 is 192 Å². The second kappa shape index (κ2) is 41.5. The van der Waals surface area contributed by atoms with E-state index in [2.05, 4.69) is 106 Å². The van der Waals surface area contributed by atoms with Crippen LogP contribution in [0.5, 0.6) is 0 Å². The van der Waals surface area contributed by atoms with Gasteiger partial charge < -0.3 is 109 Å². The van der Waals surface area contributed by atoms with Crippen molar-refractivity contribution in [2.75, 3.05) is 46.8 Å². The van der Waals surface area contributed by atoms with Gasteiger partial charge in [0.05, 0.1) is 107 Å². The lowest BCUT2D eigenvalue weighted by Crippen LogP contribution is -2.69. The highest BCUT2D eigenvalue weighted by Gasteiger charge is 2.75. The Morgan fingerprint density at radius 1 is 0.550 bits per heavy atom. The number of methoxy groups -OCH3 is 1. The van der Waals surface area contributed by atoms with Gasteiger partial charge in [0, 0.05) is 41.3 Å². The zero-order valence-corrected chi connectivity index (χ0v) is 86.3. The molecule has 28 heteroatoms. The summed E-state index contributed by atoms with van der Waals surface area (Å²) in [6.07, 6.45) is -7.44. The summed E-state index contributed by atoms with van der Waals surface area (Å²) < 4.78 is 155. The molecule has 9 aliphatic heterocycles. The Morgan fingerprint density at radius 3 is 1.85 bits per heavy atom. The van der Waals surface area contributed by atoms with E-state index in [4.69, 9.17) is 104 Å². The molecule has 0 bridgehead atoms. The number of azide groups is 1. The summed E-state index contributed by atoms with van der Waals surface area (Å²) in [4.78, 5) is 49.6. The Kier molecular flexibility index (Phi) is 30.8. The molecule has 9 heterocycles. The molecule has 18 rings (SSSR count). The highest BCUT2D eigenvalue weighted by molar-refractivity contribution is 5.81. The van der Waals surface area contributed by atoms with Gasteiger partial charge in [0.2, 0.25) is 12.1 Å². The number of allylic oxidation sites excluding steroid dienone is 2. The Bertz CT molecular complexity index is 4960. The van der Waals surface area contributed by atoms with Crippen LogP contribution in [0.25, 0.3) is 10.4 Å². The number of rotatable bonds is 31. The smallest absolute Gasteiger partial charge is 0.317 e. The molecule has 14 aliphatic rings. The number of benzene rings is 4. The van der Waals surface area contributed by atoms with Crippen LogP contribution in [-0.2, 0) is 138 Å². The average Bonchev–Trinajstić information content (AvgIpc) is 0.921. The van der Waals surface area contributed by atoms with E-state index in [9.17, 15) is 15.1 Å². The maximum Gasteiger partial charge on any atom is 0.317 e. The predicted octanol–water partition coefficient (Wildman–Crippen LogP) is 19.2. The minimum Gasteiger partial charge on any atom is -0.432 e. The van der Waals surface area contributed by atoms with Crippen molar-refractivity contribution >= 4 is 18.0 Å². The van der Waals surface area contributed by atoms with Crippen LogP contribution in [0.4, 0.5) is 0 Å². The standard InChI is InChI=1S/C112H157N3O25/c1-22-80-66(5)65(4)68(7)98(127-80)134-94-90(131-96-67(6)64(3)63(2)53-124-96)70(9)88(72(11)117)130-101(94)129-85-46-47-106(17)83(107(85,18)59-116)45-48-108(19)84(106)44-43-78-79-51-104(13,14)49-50-111(79,86(119-21)52-109(78,108)20)103(118)135-100-91(69(8)87(114-115-113)81(128-100)57-120-54-74-35-27-23-28-36-74)132-102-95-93(136-105(15,16)137-95)92(73(12)126-102)133-97-71(10)89(82(58-125-97)123-56-76-39-31-25-32-40-76)138-112-62-122-61-110(112,60-121-55-75-37-29-24-30-38-75)139-99(140-112)77-41-33-26-34-42-77/h23-43,59,63-71,73,79-102H,22,44-58,60-62H2,1-21H3/t63-,64-,65-,66+,67?,68?,69?,70-,71?,73?,79?,80?,81?,82-,83+,84?,85-,86?,87+,88?,89?,90-,91?,92-,93?,94?,95?,96-,97-,98-,99+,100-,101+,102-,106?,107+,108-,109+,110-,111+,112?/m0/s1. The third kappa shape index (κ3) is 19.2. The van der Waals surface area contributed by atoms with Gasteiger partial charge in [-0.1, -0.05) is 249 Å². The monoisotopic (exact) mass is 1940 g/mol. The molecule has 0 amide bonds. The summed E-state index contributed by atoms with van der Waals surface area (Å²) >= 11 is 0. The van der Waals surface area contributed by atoms with Crippen LogP contribution in [0.15, 0.2) is 138 Å². The van der Waals surface area contributed by atoms with Gasteiger partial charge in [-0.05, 0) is 183 Å². The molecule has 28 nitrogen and oxygen atoms in total. The van der Waals surface area contributed by atoms with E-state index in [1.54, 1.807) is 14.0 Å². The fourth-order valence-electron chi connectivity index (χ4n) is 28.1. The third-order valence-corrected chi connectivity index (χ3v) is 37.3.